The summed E-state index contributed by atoms with van der Waals surface area (Å²) in [5.41, 5.74) is 1.94. The van der Waals surface area contributed by atoms with Crippen LogP contribution in [0.1, 0.15) is 44.2 Å². The van der Waals surface area contributed by atoms with E-state index in [1.54, 1.807) is 0 Å². The molecule has 0 spiro atoms. The Morgan fingerprint density at radius 3 is 2.77 bits per heavy atom. The van der Waals surface area contributed by atoms with Gasteiger partial charge in [0.15, 0.2) is 0 Å². The zero-order valence-corrected chi connectivity index (χ0v) is 19.2. The zero-order chi connectivity index (χ0) is 21.7. The quantitative estimate of drug-likeness (QED) is 0.679. The van der Waals surface area contributed by atoms with Crippen LogP contribution in [0.15, 0.2) is 28.8 Å². The number of aryl methyl sites for hydroxylation is 1. The molecular weight excluding hydrogens is 425 g/mol. The molecule has 6 nitrogen and oxygen atoms in total. The maximum absolute atomic E-state index is 12.2. The Labute approximate surface area is 187 Å². The van der Waals surface area contributed by atoms with Gasteiger partial charge in [-0.05, 0) is 17.7 Å². The standard InChI is InChI=1S/C22H29Cl2N3O3/c1-22(2,3)20-11-16(30-26-20)5-7-21(28)25-12-17-14-27(8-9-29-17)13-15-4-6-18(23)19(24)10-15/h4,6,10-11,17H,5,7-9,12-14H2,1-3H3,(H,25,28)/t17-/m0/s1. The first-order valence-electron chi connectivity index (χ1n) is 10.2. The largest absolute Gasteiger partial charge is 0.374 e. The highest BCUT2D eigenvalue weighted by Crippen LogP contribution is 2.24. The van der Waals surface area contributed by atoms with Crippen molar-refractivity contribution in [1.29, 1.82) is 0 Å². The van der Waals surface area contributed by atoms with E-state index in [1.165, 1.54) is 0 Å². The molecule has 1 amide bonds. The van der Waals surface area contributed by atoms with Gasteiger partial charge in [0.05, 0.1) is 28.5 Å². The van der Waals surface area contributed by atoms with Gasteiger partial charge in [0, 0.05) is 50.5 Å². The number of rotatable bonds is 7. The van der Waals surface area contributed by atoms with Gasteiger partial charge in [-0.3, -0.25) is 9.69 Å². The predicted octanol–water partition coefficient (Wildman–Crippen LogP) is 4.23. The van der Waals surface area contributed by atoms with Gasteiger partial charge in [-0.2, -0.15) is 0 Å². The summed E-state index contributed by atoms with van der Waals surface area (Å²) in [7, 11) is 0. The molecule has 0 unspecified atom stereocenters. The first-order valence-corrected chi connectivity index (χ1v) is 11.0. The average Bonchev–Trinajstić information content (AvgIpc) is 3.18. The summed E-state index contributed by atoms with van der Waals surface area (Å²) >= 11 is 12.1. The average molecular weight is 454 g/mol. The van der Waals surface area contributed by atoms with Crippen molar-refractivity contribution < 1.29 is 14.1 Å². The smallest absolute Gasteiger partial charge is 0.220 e. The molecule has 30 heavy (non-hydrogen) atoms. The summed E-state index contributed by atoms with van der Waals surface area (Å²) in [6, 6.07) is 7.62. The fraction of sp³-hybridized carbons (Fsp3) is 0.545. The highest BCUT2D eigenvalue weighted by Gasteiger charge is 2.22. The van der Waals surface area contributed by atoms with Crippen LogP contribution >= 0.6 is 23.2 Å². The molecule has 1 aromatic carbocycles. The number of hydrogen-bond donors (Lipinski definition) is 1. The van der Waals surface area contributed by atoms with Crippen LogP contribution in [0.2, 0.25) is 10.0 Å². The maximum Gasteiger partial charge on any atom is 0.220 e. The van der Waals surface area contributed by atoms with E-state index in [1.807, 2.05) is 24.3 Å². The van der Waals surface area contributed by atoms with Crippen molar-refractivity contribution in [3.05, 3.63) is 51.3 Å². The lowest BCUT2D eigenvalue weighted by Crippen LogP contribution is -2.47. The van der Waals surface area contributed by atoms with Gasteiger partial charge < -0.3 is 14.6 Å². The Balaban J connectivity index is 1.41. The van der Waals surface area contributed by atoms with Crippen LogP contribution in [-0.4, -0.2) is 48.3 Å². The second-order valence-corrected chi connectivity index (χ2v) is 9.52. The molecule has 0 bridgehead atoms. The van der Waals surface area contributed by atoms with Gasteiger partial charge >= 0.3 is 0 Å². The maximum atomic E-state index is 12.2. The molecule has 1 atom stereocenters. The Kier molecular flexibility index (Phi) is 7.80. The van der Waals surface area contributed by atoms with Crippen molar-refractivity contribution in [2.75, 3.05) is 26.2 Å². The number of carbonyl (C=O) groups excluding carboxylic acids is 1. The van der Waals surface area contributed by atoms with Crippen molar-refractivity contribution >= 4 is 29.1 Å². The summed E-state index contributed by atoms with van der Waals surface area (Å²) in [6.07, 6.45) is 0.853. The lowest BCUT2D eigenvalue weighted by molar-refractivity contribution is -0.122. The van der Waals surface area contributed by atoms with Gasteiger partial charge in [-0.1, -0.05) is 55.2 Å². The third-order valence-electron chi connectivity index (χ3n) is 5.07. The van der Waals surface area contributed by atoms with E-state index in [9.17, 15) is 4.79 Å². The van der Waals surface area contributed by atoms with E-state index in [2.05, 4.69) is 36.1 Å². The molecule has 164 valence electrons. The molecule has 3 rings (SSSR count). The van der Waals surface area contributed by atoms with Crippen LogP contribution in [0.25, 0.3) is 0 Å². The Bertz CT molecular complexity index is 864. The van der Waals surface area contributed by atoms with Crippen molar-refractivity contribution in [1.82, 2.24) is 15.4 Å². The summed E-state index contributed by atoms with van der Waals surface area (Å²) < 4.78 is 11.2. The van der Waals surface area contributed by atoms with Crippen molar-refractivity contribution in [3.8, 4) is 0 Å². The number of amides is 1. The van der Waals surface area contributed by atoms with E-state index in [0.29, 0.717) is 36.0 Å². The van der Waals surface area contributed by atoms with Crippen molar-refractivity contribution in [2.45, 2.75) is 51.7 Å². The van der Waals surface area contributed by atoms with Gasteiger partial charge in [0.2, 0.25) is 5.91 Å². The molecule has 1 saturated heterocycles. The topological polar surface area (TPSA) is 67.6 Å². The second-order valence-electron chi connectivity index (χ2n) is 8.71. The van der Waals surface area contributed by atoms with Crippen molar-refractivity contribution in [3.63, 3.8) is 0 Å². The summed E-state index contributed by atoms with van der Waals surface area (Å²) in [5, 5.41) is 8.18. The van der Waals surface area contributed by atoms with Gasteiger partial charge in [-0.25, -0.2) is 0 Å². The minimum absolute atomic E-state index is 0.0195. The first kappa shape index (κ1) is 23.1. The Hall–Kier alpha value is -1.60. The molecule has 8 heteroatoms. The number of aromatic nitrogens is 1. The lowest BCUT2D eigenvalue weighted by atomic mass is 9.92. The van der Waals surface area contributed by atoms with E-state index in [-0.39, 0.29) is 17.4 Å². The fourth-order valence-electron chi connectivity index (χ4n) is 3.28. The van der Waals surface area contributed by atoms with Crippen LogP contribution in [0.5, 0.6) is 0 Å². The summed E-state index contributed by atoms with van der Waals surface area (Å²) in [5.74, 6) is 0.714. The van der Waals surface area contributed by atoms with Crippen LogP contribution in [0.4, 0.5) is 0 Å². The zero-order valence-electron chi connectivity index (χ0n) is 17.7. The number of ether oxygens (including phenoxy) is 1. The van der Waals surface area contributed by atoms with E-state index >= 15 is 0 Å². The third-order valence-corrected chi connectivity index (χ3v) is 5.80. The number of nitrogens with zero attached hydrogens (tertiary/aromatic N) is 2. The van der Waals surface area contributed by atoms with Gasteiger partial charge in [0.1, 0.15) is 5.76 Å². The minimum atomic E-state index is -0.0639. The van der Waals surface area contributed by atoms with E-state index in [4.69, 9.17) is 32.5 Å². The molecule has 2 aromatic rings. The highest BCUT2D eigenvalue weighted by atomic mass is 35.5. The second kappa shape index (κ2) is 10.1. The molecule has 1 N–H and O–H groups in total. The normalized spacial score (nSPS) is 17.8. The molecule has 0 radical (unpaired) electrons. The van der Waals surface area contributed by atoms with Crippen molar-refractivity contribution in [2.24, 2.45) is 0 Å². The summed E-state index contributed by atoms with van der Waals surface area (Å²) in [4.78, 5) is 14.5. The number of morpholine rings is 1. The van der Waals surface area contributed by atoms with Crippen LogP contribution < -0.4 is 5.32 Å². The van der Waals surface area contributed by atoms with E-state index < -0.39 is 0 Å². The number of carbonyl (C=O) groups is 1. The molecule has 0 saturated carbocycles. The molecule has 0 aliphatic carbocycles. The molecule has 1 aromatic heterocycles. The van der Waals surface area contributed by atoms with Crippen LogP contribution in [-0.2, 0) is 27.9 Å². The van der Waals surface area contributed by atoms with Crippen LogP contribution in [0, 0.1) is 0 Å². The number of hydrogen-bond acceptors (Lipinski definition) is 5. The molecular formula is C22H29Cl2N3O3. The monoisotopic (exact) mass is 453 g/mol. The molecule has 1 aliphatic heterocycles. The fourth-order valence-corrected chi connectivity index (χ4v) is 3.60. The molecule has 1 aliphatic rings. The number of nitrogens with one attached hydrogen (secondary N) is 1. The Morgan fingerprint density at radius 2 is 2.07 bits per heavy atom. The lowest BCUT2D eigenvalue weighted by Gasteiger charge is -2.33. The first-order chi connectivity index (χ1) is 14.2. The number of benzene rings is 1. The third kappa shape index (κ3) is 6.71. The van der Waals surface area contributed by atoms with Gasteiger partial charge in [0.25, 0.3) is 0 Å². The minimum Gasteiger partial charge on any atom is -0.374 e. The Morgan fingerprint density at radius 1 is 1.27 bits per heavy atom. The number of halogens is 2. The summed E-state index contributed by atoms with van der Waals surface area (Å²) in [6.45, 7) is 9.72. The van der Waals surface area contributed by atoms with Gasteiger partial charge in [-0.15, -0.1) is 0 Å². The predicted molar refractivity (Wildman–Crippen MR) is 118 cm³/mol. The van der Waals surface area contributed by atoms with Crippen LogP contribution in [0.3, 0.4) is 0 Å². The van der Waals surface area contributed by atoms with E-state index in [0.717, 1.165) is 36.7 Å². The highest BCUT2D eigenvalue weighted by molar-refractivity contribution is 6.42. The SMILES string of the molecule is CC(C)(C)c1cc(CCC(=O)NC[C@H]2CN(Cc3ccc(Cl)c(Cl)c3)CCO2)on1. The molecule has 2 heterocycles. The molecule has 1 fully saturated rings.